The third-order valence-corrected chi connectivity index (χ3v) is 4.31. The molecule has 1 amide bonds. The summed E-state index contributed by atoms with van der Waals surface area (Å²) in [6, 6.07) is 19.5. The van der Waals surface area contributed by atoms with Crippen LogP contribution in [0.15, 0.2) is 66.9 Å². The largest absolute Gasteiger partial charge is 0.378 e. The molecule has 138 valence electrons. The van der Waals surface area contributed by atoms with Crippen molar-refractivity contribution >= 4 is 28.7 Å². The van der Waals surface area contributed by atoms with Gasteiger partial charge in [0.1, 0.15) is 5.69 Å². The molecular formula is C22H24N4O. The normalized spacial score (nSPS) is 10.3. The number of nitrogens with one attached hydrogen (secondary N) is 2. The van der Waals surface area contributed by atoms with Crippen LogP contribution < -0.4 is 15.5 Å². The van der Waals surface area contributed by atoms with Crippen LogP contribution in [0.5, 0.6) is 0 Å². The van der Waals surface area contributed by atoms with Gasteiger partial charge in [-0.1, -0.05) is 25.1 Å². The molecular weight excluding hydrogens is 336 g/mol. The van der Waals surface area contributed by atoms with Gasteiger partial charge < -0.3 is 15.5 Å². The van der Waals surface area contributed by atoms with Gasteiger partial charge in [0, 0.05) is 31.2 Å². The maximum Gasteiger partial charge on any atom is 0.274 e. The monoisotopic (exact) mass is 360 g/mol. The second-order valence-electron chi connectivity index (χ2n) is 6.46. The Kier molecular flexibility index (Phi) is 5.71. The van der Waals surface area contributed by atoms with E-state index >= 15 is 0 Å². The summed E-state index contributed by atoms with van der Waals surface area (Å²) in [5.74, 6) is -0.210. The van der Waals surface area contributed by atoms with Gasteiger partial charge in [-0.25, -0.2) is 4.98 Å². The van der Waals surface area contributed by atoms with E-state index in [1.54, 1.807) is 12.3 Å². The summed E-state index contributed by atoms with van der Waals surface area (Å²) in [6.07, 6.45) is 2.53. The van der Waals surface area contributed by atoms with E-state index < -0.39 is 0 Å². The van der Waals surface area contributed by atoms with Crippen LogP contribution in [0.1, 0.15) is 23.0 Å². The highest BCUT2D eigenvalue weighted by molar-refractivity contribution is 6.03. The maximum atomic E-state index is 12.5. The number of hydrogen-bond donors (Lipinski definition) is 2. The van der Waals surface area contributed by atoms with Crippen LogP contribution in [0, 0.1) is 0 Å². The number of carbonyl (C=O) groups excluding carboxylic acids is 1. The Labute approximate surface area is 160 Å². The first-order chi connectivity index (χ1) is 13.1. The number of anilines is 4. The number of nitrogens with zero attached hydrogens (tertiary/aromatic N) is 2. The van der Waals surface area contributed by atoms with Crippen molar-refractivity contribution in [1.82, 2.24) is 4.98 Å². The summed E-state index contributed by atoms with van der Waals surface area (Å²) < 4.78 is 0. The standard InChI is InChI=1S/C22H24N4O/c1-4-16-7-5-6-8-20(16)25-22(27)21-14-11-18(15-23-21)24-17-9-12-19(13-10-17)26(2)3/h5-15,24H,4H2,1-3H3,(H,25,27). The summed E-state index contributed by atoms with van der Waals surface area (Å²) in [4.78, 5) is 18.8. The highest BCUT2D eigenvalue weighted by Crippen LogP contribution is 2.20. The van der Waals surface area contributed by atoms with Crippen molar-refractivity contribution < 1.29 is 4.79 Å². The van der Waals surface area contributed by atoms with E-state index in [0.29, 0.717) is 5.69 Å². The fraction of sp³-hybridized carbons (Fsp3) is 0.182. The fourth-order valence-electron chi connectivity index (χ4n) is 2.75. The zero-order chi connectivity index (χ0) is 19.2. The van der Waals surface area contributed by atoms with Crippen molar-refractivity contribution in [2.75, 3.05) is 29.6 Å². The van der Waals surface area contributed by atoms with Crippen LogP contribution in [0.25, 0.3) is 0 Å². The zero-order valence-electron chi connectivity index (χ0n) is 15.9. The topological polar surface area (TPSA) is 57.3 Å². The van der Waals surface area contributed by atoms with Crippen molar-refractivity contribution in [2.45, 2.75) is 13.3 Å². The van der Waals surface area contributed by atoms with Gasteiger partial charge in [0.25, 0.3) is 5.91 Å². The fourth-order valence-corrected chi connectivity index (χ4v) is 2.75. The lowest BCUT2D eigenvalue weighted by Gasteiger charge is -2.13. The minimum Gasteiger partial charge on any atom is -0.378 e. The van der Waals surface area contributed by atoms with Gasteiger partial charge in [0.2, 0.25) is 0 Å². The van der Waals surface area contributed by atoms with Gasteiger partial charge >= 0.3 is 0 Å². The predicted molar refractivity (Wildman–Crippen MR) is 112 cm³/mol. The molecule has 5 nitrogen and oxygen atoms in total. The van der Waals surface area contributed by atoms with Gasteiger partial charge in [-0.05, 0) is 54.4 Å². The number of rotatable bonds is 6. The minimum atomic E-state index is -0.210. The highest BCUT2D eigenvalue weighted by Gasteiger charge is 2.09. The lowest BCUT2D eigenvalue weighted by molar-refractivity contribution is 0.102. The van der Waals surface area contributed by atoms with E-state index in [2.05, 4.69) is 27.4 Å². The predicted octanol–water partition coefficient (Wildman–Crippen LogP) is 4.71. The number of benzene rings is 2. The van der Waals surface area contributed by atoms with Crippen LogP contribution in [0.4, 0.5) is 22.7 Å². The first kappa shape index (κ1) is 18.5. The van der Waals surface area contributed by atoms with Crippen LogP contribution >= 0.6 is 0 Å². The molecule has 1 heterocycles. The van der Waals surface area contributed by atoms with E-state index in [1.807, 2.05) is 68.7 Å². The van der Waals surface area contributed by atoms with Gasteiger partial charge in [-0.15, -0.1) is 0 Å². The molecule has 0 aliphatic rings. The Morgan fingerprint density at radius 2 is 1.67 bits per heavy atom. The number of aromatic nitrogens is 1. The number of carbonyl (C=O) groups is 1. The first-order valence-electron chi connectivity index (χ1n) is 8.96. The molecule has 0 spiro atoms. The van der Waals surface area contributed by atoms with Gasteiger partial charge in [0.15, 0.2) is 0 Å². The lowest BCUT2D eigenvalue weighted by Crippen LogP contribution is -2.14. The molecule has 27 heavy (non-hydrogen) atoms. The Morgan fingerprint density at radius 1 is 0.963 bits per heavy atom. The quantitative estimate of drug-likeness (QED) is 0.669. The second-order valence-corrected chi connectivity index (χ2v) is 6.46. The molecule has 0 saturated heterocycles. The molecule has 3 aromatic rings. The van der Waals surface area contributed by atoms with E-state index in [0.717, 1.165) is 34.7 Å². The summed E-state index contributed by atoms with van der Waals surface area (Å²) in [5.41, 5.74) is 5.25. The van der Waals surface area contributed by atoms with E-state index in [9.17, 15) is 4.79 Å². The van der Waals surface area contributed by atoms with Gasteiger partial charge in [-0.2, -0.15) is 0 Å². The SMILES string of the molecule is CCc1ccccc1NC(=O)c1ccc(Nc2ccc(N(C)C)cc2)cn1. The Balaban J connectivity index is 1.66. The molecule has 0 fully saturated rings. The van der Waals surface area contributed by atoms with Gasteiger partial charge in [0.05, 0.1) is 11.9 Å². The summed E-state index contributed by atoms with van der Waals surface area (Å²) in [6.45, 7) is 2.06. The molecule has 0 atom stereocenters. The Bertz CT molecular complexity index is 902. The molecule has 0 radical (unpaired) electrons. The van der Waals surface area contributed by atoms with Crippen LogP contribution in [0.2, 0.25) is 0 Å². The average Bonchev–Trinajstić information content (AvgIpc) is 2.69. The van der Waals surface area contributed by atoms with Crippen molar-refractivity contribution in [2.24, 2.45) is 0 Å². The number of hydrogen-bond acceptors (Lipinski definition) is 4. The average molecular weight is 360 g/mol. The third-order valence-electron chi connectivity index (χ3n) is 4.31. The molecule has 1 aromatic heterocycles. The second kappa shape index (κ2) is 8.36. The van der Waals surface area contributed by atoms with Crippen molar-refractivity contribution in [3.63, 3.8) is 0 Å². The number of pyridine rings is 1. The summed E-state index contributed by atoms with van der Waals surface area (Å²) in [5, 5.41) is 6.23. The molecule has 2 N–H and O–H groups in total. The molecule has 3 rings (SSSR count). The van der Waals surface area contributed by atoms with Crippen molar-refractivity contribution in [1.29, 1.82) is 0 Å². The molecule has 0 unspecified atom stereocenters. The summed E-state index contributed by atoms with van der Waals surface area (Å²) >= 11 is 0. The summed E-state index contributed by atoms with van der Waals surface area (Å²) in [7, 11) is 4.02. The first-order valence-corrected chi connectivity index (χ1v) is 8.96. The number of amides is 1. The molecule has 0 bridgehead atoms. The van der Waals surface area contributed by atoms with Gasteiger partial charge in [-0.3, -0.25) is 4.79 Å². The molecule has 0 saturated carbocycles. The molecule has 0 aliphatic heterocycles. The van der Waals surface area contributed by atoms with Crippen LogP contribution in [0.3, 0.4) is 0 Å². The molecule has 2 aromatic carbocycles. The Morgan fingerprint density at radius 3 is 2.30 bits per heavy atom. The molecule has 5 heteroatoms. The number of aryl methyl sites for hydroxylation is 1. The zero-order valence-corrected chi connectivity index (χ0v) is 15.9. The Hall–Kier alpha value is -3.34. The van der Waals surface area contributed by atoms with Crippen molar-refractivity contribution in [3.05, 3.63) is 78.1 Å². The third kappa shape index (κ3) is 4.64. The van der Waals surface area contributed by atoms with Crippen LogP contribution in [-0.2, 0) is 6.42 Å². The number of para-hydroxylation sites is 1. The van der Waals surface area contributed by atoms with Crippen molar-refractivity contribution in [3.8, 4) is 0 Å². The van der Waals surface area contributed by atoms with E-state index in [-0.39, 0.29) is 5.91 Å². The maximum absolute atomic E-state index is 12.5. The highest BCUT2D eigenvalue weighted by atomic mass is 16.1. The molecule has 0 aliphatic carbocycles. The van der Waals surface area contributed by atoms with E-state index in [1.165, 1.54) is 0 Å². The lowest BCUT2D eigenvalue weighted by atomic mass is 10.1. The smallest absolute Gasteiger partial charge is 0.274 e. The van der Waals surface area contributed by atoms with Crippen LogP contribution in [-0.4, -0.2) is 25.0 Å². The van der Waals surface area contributed by atoms with E-state index in [4.69, 9.17) is 0 Å². The minimum absolute atomic E-state index is 0.210.